The summed E-state index contributed by atoms with van der Waals surface area (Å²) in [4.78, 5) is 4.74. The van der Waals surface area contributed by atoms with Gasteiger partial charge in [0.1, 0.15) is 5.75 Å². The molecule has 2 N–H and O–H groups in total. The molecule has 1 aromatic rings. The van der Waals surface area contributed by atoms with Gasteiger partial charge in [0.05, 0.1) is 13.2 Å². The highest BCUT2D eigenvalue weighted by atomic mass is 127. The molecule has 0 saturated heterocycles. The molecule has 0 fully saturated rings. The fraction of sp³-hybridized carbons (Fsp3) is 0.588. The molecule has 0 bridgehead atoms. The second-order valence-electron chi connectivity index (χ2n) is 5.59. The van der Waals surface area contributed by atoms with Crippen molar-refractivity contribution in [3.63, 3.8) is 0 Å². The predicted molar refractivity (Wildman–Crippen MR) is 105 cm³/mol. The van der Waals surface area contributed by atoms with Gasteiger partial charge in [-0.1, -0.05) is 18.2 Å². The van der Waals surface area contributed by atoms with Crippen LogP contribution < -0.4 is 15.4 Å². The molecule has 0 radical (unpaired) electrons. The van der Waals surface area contributed by atoms with E-state index in [1.165, 1.54) is 5.56 Å². The molecule has 1 aliphatic rings. The quantitative estimate of drug-likeness (QED) is 0.412. The summed E-state index contributed by atoms with van der Waals surface area (Å²) in [7, 11) is 1.71. The lowest BCUT2D eigenvalue weighted by molar-refractivity contribution is 0.179. The van der Waals surface area contributed by atoms with Crippen molar-refractivity contribution in [2.24, 2.45) is 4.99 Å². The van der Waals surface area contributed by atoms with Gasteiger partial charge in [0.15, 0.2) is 5.96 Å². The van der Waals surface area contributed by atoms with Crippen molar-refractivity contribution in [1.82, 2.24) is 10.6 Å². The first-order valence-electron chi connectivity index (χ1n) is 8.00. The van der Waals surface area contributed by atoms with E-state index >= 15 is 0 Å². The Morgan fingerprint density at radius 1 is 1.43 bits per heavy atom. The summed E-state index contributed by atoms with van der Waals surface area (Å²) in [5.41, 5.74) is 1.26. The van der Waals surface area contributed by atoms with Crippen LogP contribution in [0.4, 0.5) is 0 Å². The third-order valence-electron chi connectivity index (χ3n) is 3.70. The molecule has 2 atom stereocenters. The average molecular weight is 433 g/mol. The van der Waals surface area contributed by atoms with E-state index in [1.54, 1.807) is 7.11 Å². The second kappa shape index (κ2) is 10.7. The summed E-state index contributed by atoms with van der Waals surface area (Å²) >= 11 is 0. The molecule has 0 amide bonds. The second-order valence-corrected chi connectivity index (χ2v) is 5.59. The highest BCUT2D eigenvalue weighted by molar-refractivity contribution is 14.0. The molecular formula is C17H28IN3O2. The first-order chi connectivity index (χ1) is 10.7. The Labute approximate surface area is 156 Å². The number of aliphatic imine (C=N–C) groups is 1. The Kier molecular flexibility index (Phi) is 9.31. The minimum absolute atomic E-state index is 0. The fourth-order valence-corrected chi connectivity index (χ4v) is 2.65. The summed E-state index contributed by atoms with van der Waals surface area (Å²) in [6, 6.07) is 8.49. The average Bonchev–Trinajstić information content (AvgIpc) is 2.53. The lowest BCUT2D eigenvalue weighted by Gasteiger charge is -2.25. The van der Waals surface area contributed by atoms with Crippen LogP contribution in [0.1, 0.15) is 31.7 Å². The van der Waals surface area contributed by atoms with Crippen LogP contribution in [-0.2, 0) is 4.74 Å². The number of benzene rings is 1. The summed E-state index contributed by atoms with van der Waals surface area (Å²) in [5, 5.41) is 6.65. The van der Waals surface area contributed by atoms with Crippen LogP contribution in [0.2, 0.25) is 0 Å². The minimum atomic E-state index is 0. The van der Waals surface area contributed by atoms with E-state index < -0.39 is 0 Å². The fourth-order valence-electron chi connectivity index (χ4n) is 2.65. The number of ether oxygens (including phenoxy) is 2. The van der Waals surface area contributed by atoms with Crippen LogP contribution >= 0.6 is 24.0 Å². The van der Waals surface area contributed by atoms with E-state index in [2.05, 4.69) is 36.6 Å². The van der Waals surface area contributed by atoms with Gasteiger partial charge >= 0.3 is 0 Å². The molecule has 6 heteroatoms. The van der Waals surface area contributed by atoms with E-state index in [1.807, 2.05) is 12.1 Å². The third-order valence-corrected chi connectivity index (χ3v) is 3.70. The predicted octanol–water partition coefficient (Wildman–Crippen LogP) is 2.76. The Morgan fingerprint density at radius 2 is 2.22 bits per heavy atom. The number of guanidine groups is 1. The van der Waals surface area contributed by atoms with E-state index in [0.29, 0.717) is 12.5 Å². The van der Waals surface area contributed by atoms with Crippen LogP contribution in [0, 0.1) is 0 Å². The normalized spacial score (nSPS) is 18.2. The molecule has 23 heavy (non-hydrogen) atoms. The van der Waals surface area contributed by atoms with Gasteiger partial charge in [0, 0.05) is 32.2 Å². The molecule has 1 aromatic carbocycles. The van der Waals surface area contributed by atoms with Crippen LogP contribution in [0.25, 0.3) is 0 Å². The zero-order chi connectivity index (χ0) is 15.8. The zero-order valence-corrected chi connectivity index (χ0v) is 16.5. The van der Waals surface area contributed by atoms with Crippen LogP contribution in [0.3, 0.4) is 0 Å². The largest absolute Gasteiger partial charge is 0.493 e. The maximum absolute atomic E-state index is 5.71. The summed E-state index contributed by atoms with van der Waals surface area (Å²) in [6.07, 6.45) is 1.01. The molecule has 2 unspecified atom stereocenters. The first-order valence-corrected chi connectivity index (χ1v) is 8.00. The maximum atomic E-state index is 5.71. The van der Waals surface area contributed by atoms with Crippen molar-refractivity contribution < 1.29 is 9.47 Å². The highest BCUT2D eigenvalue weighted by Crippen LogP contribution is 2.33. The van der Waals surface area contributed by atoms with Crippen molar-refractivity contribution in [3.05, 3.63) is 29.8 Å². The van der Waals surface area contributed by atoms with Crippen LogP contribution in [0.15, 0.2) is 29.3 Å². The van der Waals surface area contributed by atoms with Crippen LogP contribution in [-0.4, -0.2) is 45.4 Å². The van der Waals surface area contributed by atoms with Crippen molar-refractivity contribution in [1.29, 1.82) is 0 Å². The van der Waals surface area contributed by atoms with Crippen molar-refractivity contribution in [2.45, 2.75) is 32.2 Å². The molecule has 2 rings (SSSR count). The zero-order valence-electron chi connectivity index (χ0n) is 14.2. The number of halogens is 1. The SMILES string of the molecule is CCNC(=NCC1CCOc2ccccc21)NC(C)COC.I. The van der Waals surface area contributed by atoms with Gasteiger partial charge in [-0.15, -0.1) is 24.0 Å². The summed E-state index contributed by atoms with van der Waals surface area (Å²) in [5.74, 6) is 2.26. The van der Waals surface area contributed by atoms with Gasteiger partial charge in [0.2, 0.25) is 0 Å². The van der Waals surface area contributed by atoms with E-state index in [9.17, 15) is 0 Å². The van der Waals surface area contributed by atoms with Gasteiger partial charge in [-0.25, -0.2) is 0 Å². The molecule has 1 aliphatic heterocycles. The Morgan fingerprint density at radius 3 is 2.96 bits per heavy atom. The first kappa shape index (κ1) is 20.0. The summed E-state index contributed by atoms with van der Waals surface area (Å²) < 4.78 is 10.9. The third kappa shape index (κ3) is 6.18. The molecule has 0 aromatic heterocycles. The van der Waals surface area contributed by atoms with Crippen molar-refractivity contribution in [2.75, 3.05) is 33.4 Å². The molecule has 0 spiro atoms. The number of hydrogen-bond acceptors (Lipinski definition) is 3. The van der Waals surface area contributed by atoms with Crippen LogP contribution in [0.5, 0.6) is 5.75 Å². The van der Waals surface area contributed by atoms with Gasteiger partial charge in [-0.3, -0.25) is 4.99 Å². The molecule has 5 nitrogen and oxygen atoms in total. The molecular weight excluding hydrogens is 405 g/mol. The Hall–Kier alpha value is -1.02. The number of rotatable bonds is 6. The maximum Gasteiger partial charge on any atom is 0.191 e. The van der Waals surface area contributed by atoms with Gasteiger partial charge in [-0.2, -0.15) is 0 Å². The van der Waals surface area contributed by atoms with Gasteiger partial charge < -0.3 is 20.1 Å². The number of nitrogens with one attached hydrogen (secondary N) is 2. The van der Waals surface area contributed by atoms with Crippen molar-refractivity contribution in [3.8, 4) is 5.75 Å². The van der Waals surface area contributed by atoms with E-state index in [0.717, 1.165) is 37.8 Å². The summed E-state index contributed by atoms with van der Waals surface area (Å²) in [6.45, 7) is 7.18. The lowest BCUT2D eigenvalue weighted by atomic mass is 9.93. The Bertz CT molecular complexity index is 496. The lowest BCUT2D eigenvalue weighted by Crippen LogP contribution is -2.44. The number of para-hydroxylation sites is 1. The minimum Gasteiger partial charge on any atom is -0.493 e. The van der Waals surface area contributed by atoms with E-state index in [4.69, 9.17) is 14.5 Å². The monoisotopic (exact) mass is 433 g/mol. The highest BCUT2D eigenvalue weighted by Gasteiger charge is 2.20. The topological polar surface area (TPSA) is 54.9 Å². The standard InChI is InChI=1S/C17H27N3O2.HI/c1-4-18-17(20-13(2)12-21-3)19-11-14-9-10-22-16-8-6-5-7-15(14)16;/h5-8,13-14H,4,9-12H2,1-3H3,(H2,18,19,20);1H. The molecule has 0 aliphatic carbocycles. The Balaban J connectivity index is 0.00000264. The molecule has 0 saturated carbocycles. The number of methoxy groups -OCH3 is 1. The number of nitrogens with zero attached hydrogens (tertiary/aromatic N) is 1. The number of fused-ring (bicyclic) bond motifs is 1. The van der Waals surface area contributed by atoms with E-state index in [-0.39, 0.29) is 30.0 Å². The van der Waals surface area contributed by atoms with Gasteiger partial charge in [-0.05, 0) is 31.9 Å². The van der Waals surface area contributed by atoms with Gasteiger partial charge in [0.25, 0.3) is 0 Å². The smallest absolute Gasteiger partial charge is 0.191 e. The molecule has 1 heterocycles. The van der Waals surface area contributed by atoms with Crippen molar-refractivity contribution >= 4 is 29.9 Å². The molecule has 130 valence electrons. The number of hydrogen-bond donors (Lipinski definition) is 2.